The van der Waals surface area contributed by atoms with E-state index >= 15 is 0 Å². The molecule has 2 aromatic rings. The van der Waals surface area contributed by atoms with Crippen molar-refractivity contribution in [1.82, 2.24) is 5.32 Å². The van der Waals surface area contributed by atoms with Gasteiger partial charge in [0.15, 0.2) is 0 Å². The molecule has 2 rings (SSSR count). The zero-order chi connectivity index (χ0) is 14.8. The van der Waals surface area contributed by atoms with Crippen molar-refractivity contribution >= 4 is 0 Å². The Labute approximate surface area is 125 Å². The van der Waals surface area contributed by atoms with Gasteiger partial charge in [-0.1, -0.05) is 36.4 Å². The Hall–Kier alpha value is -2.04. The fourth-order valence-corrected chi connectivity index (χ4v) is 1.92. The van der Waals surface area contributed by atoms with Gasteiger partial charge in [-0.3, -0.25) is 0 Å². The number of ether oxygens (including phenoxy) is 2. The summed E-state index contributed by atoms with van der Waals surface area (Å²) in [5, 5.41) is 11.9. The summed E-state index contributed by atoms with van der Waals surface area (Å²) in [6.45, 7) is 2.38. The molecule has 0 atom stereocenters. The van der Waals surface area contributed by atoms with Crippen molar-refractivity contribution in [1.29, 1.82) is 0 Å². The fraction of sp³-hybridized carbons (Fsp3) is 0.294. The second kappa shape index (κ2) is 9.00. The minimum atomic E-state index is 0.133. The average molecular weight is 287 g/mol. The number of benzene rings is 2. The van der Waals surface area contributed by atoms with Crippen LogP contribution in [0, 0.1) is 0 Å². The summed E-state index contributed by atoms with van der Waals surface area (Å²) < 4.78 is 11.4. The monoisotopic (exact) mass is 287 g/mol. The third kappa shape index (κ3) is 5.45. The maximum atomic E-state index is 8.78. The SMILES string of the molecule is OCCNCc1ccccc1OCCOc1ccccc1. The smallest absolute Gasteiger partial charge is 0.123 e. The molecule has 0 heterocycles. The van der Waals surface area contributed by atoms with E-state index in [0.29, 0.717) is 26.3 Å². The van der Waals surface area contributed by atoms with Crippen molar-refractivity contribution < 1.29 is 14.6 Å². The van der Waals surface area contributed by atoms with Crippen LogP contribution in [0.4, 0.5) is 0 Å². The van der Waals surface area contributed by atoms with E-state index < -0.39 is 0 Å². The molecule has 0 aliphatic carbocycles. The Balaban J connectivity index is 1.77. The van der Waals surface area contributed by atoms with Crippen molar-refractivity contribution in [3.8, 4) is 11.5 Å². The first-order chi connectivity index (χ1) is 10.4. The Bertz CT molecular complexity index is 516. The molecule has 0 saturated carbocycles. The summed E-state index contributed by atoms with van der Waals surface area (Å²) in [7, 11) is 0. The number of hydrogen-bond donors (Lipinski definition) is 2. The van der Waals surface area contributed by atoms with Gasteiger partial charge in [0.2, 0.25) is 0 Å². The highest BCUT2D eigenvalue weighted by Gasteiger charge is 2.02. The largest absolute Gasteiger partial charge is 0.490 e. The first-order valence-corrected chi connectivity index (χ1v) is 7.10. The molecule has 0 aromatic heterocycles. The lowest BCUT2D eigenvalue weighted by molar-refractivity contribution is 0.215. The molecule has 2 N–H and O–H groups in total. The second-order valence-electron chi connectivity index (χ2n) is 4.52. The number of para-hydroxylation sites is 2. The molecule has 0 saturated heterocycles. The van der Waals surface area contributed by atoms with E-state index in [-0.39, 0.29) is 6.61 Å². The molecule has 0 amide bonds. The zero-order valence-corrected chi connectivity index (χ0v) is 12.0. The minimum Gasteiger partial charge on any atom is -0.490 e. The molecule has 0 fully saturated rings. The van der Waals surface area contributed by atoms with Crippen LogP contribution < -0.4 is 14.8 Å². The van der Waals surface area contributed by atoms with E-state index in [9.17, 15) is 0 Å². The number of rotatable bonds is 9. The van der Waals surface area contributed by atoms with Gasteiger partial charge < -0.3 is 19.9 Å². The Morgan fingerprint density at radius 3 is 2.38 bits per heavy atom. The first-order valence-electron chi connectivity index (χ1n) is 7.10. The Morgan fingerprint density at radius 1 is 0.857 bits per heavy atom. The summed E-state index contributed by atoms with van der Waals surface area (Å²) >= 11 is 0. The van der Waals surface area contributed by atoms with Crippen LogP contribution in [0.2, 0.25) is 0 Å². The fourth-order valence-electron chi connectivity index (χ4n) is 1.92. The summed E-state index contributed by atoms with van der Waals surface area (Å²) in [6.07, 6.45) is 0. The van der Waals surface area contributed by atoms with Crippen LogP contribution in [-0.2, 0) is 6.54 Å². The van der Waals surface area contributed by atoms with Gasteiger partial charge >= 0.3 is 0 Å². The molecule has 112 valence electrons. The minimum absolute atomic E-state index is 0.133. The van der Waals surface area contributed by atoms with Crippen molar-refractivity contribution in [2.45, 2.75) is 6.54 Å². The van der Waals surface area contributed by atoms with Crippen molar-refractivity contribution in [2.75, 3.05) is 26.4 Å². The van der Waals surface area contributed by atoms with E-state index in [1.807, 2.05) is 54.6 Å². The Morgan fingerprint density at radius 2 is 1.57 bits per heavy atom. The van der Waals surface area contributed by atoms with Crippen molar-refractivity contribution in [2.24, 2.45) is 0 Å². The van der Waals surface area contributed by atoms with Gasteiger partial charge in [0, 0.05) is 18.7 Å². The van der Waals surface area contributed by atoms with Gasteiger partial charge in [-0.05, 0) is 18.2 Å². The van der Waals surface area contributed by atoms with E-state index in [1.54, 1.807) is 0 Å². The lowest BCUT2D eigenvalue weighted by Gasteiger charge is -2.12. The average Bonchev–Trinajstić information content (AvgIpc) is 2.54. The van der Waals surface area contributed by atoms with E-state index in [4.69, 9.17) is 14.6 Å². The molecule has 0 radical (unpaired) electrons. The maximum Gasteiger partial charge on any atom is 0.123 e. The van der Waals surface area contributed by atoms with Gasteiger partial charge in [0.05, 0.1) is 6.61 Å². The van der Waals surface area contributed by atoms with Gasteiger partial charge in [-0.15, -0.1) is 0 Å². The molecule has 2 aromatic carbocycles. The molecule has 0 spiro atoms. The third-order valence-electron chi connectivity index (χ3n) is 2.93. The molecular weight excluding hydrogens is 266 g/mol. The van der Waals surface area contributed by atoms with Gasteiger partial charge in [0.1, 0.15) is 24.7 Å². The van der Waals surface area contributed by atoms with Crippen LogP contribution >= 0.6 is 0 Å². The molecule has 21 heavy (non-hydrogen) atoms. The van der Waals surface area contributed by atoms with Crippen LogP contribution in [0.25, 0.3) is 0 Å². The Kier molecular flexibility index (Phi) is 6.58. The predicted octanol–water partition coefficient (Wildman–Crippen LogP) is 2.23. The number of hydrogen-bond acceptors (Lipinski definition) is 4. The highest BCUT2D eigenvalue weighted by Crippen LogP contribution is 2.17. The number of aliphatic hydroxyl groups is 1. The van der Waals surface area contributed by atoms with Crippen LogP contribution in [-0.4, -0.2) is 31.5 Å². The van der Waals surface area contributed by atoms with E-state index in [2.05, 4.69) is 5.32 Å². The summed E-state index contributed by atoms with van der Waals surface area (Å²) in [5.74, 6) is 1.69. The van der Waals surface area contributed by atoms with Crippen LogP contribution in [0.15, 0.2) is 54.6 Å². The second-order valence-corrected chi connectivity index (χ2v) is 4.52. The van der Waals surface area contributed by atoms with Crippen LogP contribution in [0.1, 0.15) is 5.56 Å². The van der Waals surface area contributed by atoms with E-state index in [1.165, 1.54) is 0 Å². The standard InChI is InChI=1S/C17H21NO3/c19-11-10-18-14-15-6-4-5-9-17(15)21-13-12-20-16-7-2-1-3-8-16/h1-9,18-19H,10-14H2. The lowest BCUT2D eigenvalue weighted by Crippen LogP contribution is -2.18. The molecule has 0 unspecified atom stereocenters. The van der Waals surface area contributed by atoms with Crippen LogP contribution in [0.5, 0.6) is 11.5 Å². The highest BCUT2D eigenvalue weighted by atomic mass is 16.5. The molecule has 4 nitrogen and oxygen atoms in total. The summed E-state index contributed by atoms with van der Waals surface area (Å²) in [6, 6.07) is 17.6. The van der Waals surface area contributed by atoms with Crippen molar-refractivity contribution in [3.05, 3.63) is 60.2 Å². The normalized spacial score (nSPS) is 10.3. The number of nitrogens with one attached hydrogen (secondary N) is 1. The molecule has 0 aliphatic heterocycles. The van der Waals surface area contributed by atoms with Crippen LogP contribution in [0.3, 0.4) is 0 Å². The maximum absolute atomic E-state index is 8.78. The van der Waals surface area contributed by atoms with Gasteiger partial charge in [-0.2, -0.15) is 0 Å². The molecule has 0 bridgehead atoms. The first kappa shape index (κ1) is 15.4. The molecule has 0 aliphatic rings. The third-order valence-corrected chi connectivity index (χ3v) is 2.93. The predicted molar refractivity (Wildman–Crippen MR) is 82.7 cm³/mol. The highest BCUT2D eigenvalue weighted by molar-refractivity contribution is 5.33. The summed E-state index contributed by atoms with van der Waals surface area (Å²) in [4.78, 5) is 0. The number of aliphatic hydroxyl groups excluding tert-OH is 1. The van der Waals surface area contributed by atoms with Gasteiger partial charge in [0.25, 0.3) is 0 Å². The summed E-state index contributed by atoms with van der Waals surface area (Å²) in [5.41, 5.74) is 1.07. The molecule has 4 heteroatoms. The van der Waals surface area contributed by atoms with E-state index in [0.717, 1.165) is 17.1 Å². The lowest BCUT2D eigenvalue weighted by atomic mass is 10.2. The van der Waals surface area contributed by atoms with Crippen molar-refractivity contribution in [3.63, 3.8) is 0 Å². The quantitative estimate of drug-likeness (QED) is 0.694. The zero-order valence-electron chi connectivity index (χ0n) is 12.0. The van der Waals surface area contributed by atoms with Gasteiger partial charge in [-0.25, -0.2) is 0 Å². The topological polar surface area (TPSA) is 50.7 Å². The molecular formula is C17H21NO3.